The molecule has 0 fully saturated rings. The van der Waals surface area contributed by atoms with Crippen LogP contribution >= 0.6 is 15.9 Å². The van der Waals surface area contributed by atoms with Crippen LogP contribution in [-0.2, 0) is 11.2 Å². The lowest BCUT2D eigenvalue weighted by molar-refractivity contribution is -0.120. The maximum atomic E-state index is 11.3. The van der Waals surface area contributed by atoms with Crippen molar-refractivity contribution in [3.63, 3.8) is 0 Å². The Morgan fingerprint density at radius 2 is 2.14 bits per heavy atom. The largest absolute Gasteiger partial charge is 0.355 e. The number of amides is 1. The van der Waals surface area contributed by atoms with Gasteiger partial charge in [0.1, 0.15) is 0 Å². The van der Waals surface area contributed by atoms with E-state index in [4.69, 9.17) is 5.73 Å². The highest BCUT2D eigenvalue weighted by atomic mass is 79.9. The summed E-state index contributed by atoms with van der Waals surface area (Å²) in [6.45, 7) is 1.00. The third kappa shape index (κ3) is 3.47. The minimum Gasteiger partial charge on any atom is -0.355 e. The molecule has 0 aromatic heterocycles. The lowest BCUT2D eigenvalue weighted by atomic mass is 10.1. The summed E-state index contributed by atoms with van der Waals surface area (Å²) in [7, 11) is 0. The van der Waals surface area contributed by atoms with Gasteiger partial charge in [-0.25, -0.2) is 0 Å². The summed E-state index contributed by atoms with van der Waals surface area (Å²) in [6.07, 6.45) is 0.390. The molecule has 0 heterocycles. The van der Waals surface area contributed by atoms with Crippen LogP contribution in [-0.4, -0.2) is 19.0 Å². The number of nitrogens with one attached hydrogen (secondary N) is 1. The number of carbonyl (C=O) groups excluding carboxylic acids is 1. The summed E-state index contributed by atoms with van der Waals surface area (Å²) in [5.74, 6) is 0.00218. The third-order valence-electron chi connectivity index (χ3n) is 1.78. The van der Waals surface area contributed by atoms with Crippen LogP contribution in [0.15, 0.2) is 28.7 Å². The molecule has 0 bridgehead atoms. The number of hydrogen-bond acceptors (Lipinski definition) is 2. The molecule has 76 valence electrons. The Hall–Kier alpha value is -0.870. The topological polar surface area (TPSA) is 55.1 Å². The Morgan fingerprint density at radius 1 is 1.43 bits per heavy atom. The molecular formula is C10H13BrN2O. The Labute approximate surface area is 91.8 Å². The monoisotopic (exact) mass is 256 g/mol. The Morgan fingerprint density at radius 3 is 2.79 bits per heavy atom. The molecule has 1 aromatic rings. The zero-order valence-electron chi connectivity index (χ0n) is 7.79. The first kappa shape index (κ1) is 11.2. The van der Waals surface area contributed by atoms with Crippen LogP contribution in [0.4, 0.5) is 0 Å². The van der Waals surface area contributed by atoms with Crippen LogP contribution in [0.5, 0.6) is 0 Å². The van der Waals surface area contributed by atoms with Crippen molar-refractivity contribution in [1.82, 2.24) is 5.32 Å². The van der Waals surface area contributed by atoms with E-state index in [0.29, 0.717) is 19.5 Å². The first-order chi connectivity index (χ1) is 6.74. The van der Waals surface area contributed by atoms with E-state index in [-0.39, 0.29) is 5.91 Å². The second-order valence-electron chi connectivity index (χ2n) is 2.91. The zero-order chi connectivity index (χ0) is 10.4. The van der Waals surface area contributed by atoms with Crippen molar-refractivity contribution in [3.8, 4) is 0 Å². The molecule has 1 aromatic carbocycles. The van der Waals surface area contributed by atoms with Gasteiger partial charge < -0.3 is 11.1 Å². The molecule has 0 aliphatic rings. The van der Waals surface area contributed by atoms with Crippen molar-refractivity contribution in [3.05, 3.63) is 34.3 Å². The lowest BCUT2D eigenvalue weighted by Crippen LogP contribution is -2.30. The van der Waals surface area contributed by atoms with Crippen molar-refractivity contribution in [1.29, 1.82) is 0 Å². The van der Waals surface area contributed by atoms with Crippen LogP contribution in [0.1, 0.15) is 5.56 Å². The number of rotatable bonds is 4. The van der Waals surface area contributed by atoms with Crippen molar-refractivity contribution in [2.45, 2.75) is 6.42 Å². The highest BCUT2D eigenvalue weighted by Crippen LogP contribution is 2.15. The lowest BCUT2D eigenvalue weighted by Gasteiger charge is -2.04. The van der Waals surface area contributed by atoms with E-state index >= 15 is 0 Å². The van der Waals surface area contributed by atoms with Crippen LogP contribution in [0, 0.1) is 0 Å². The second-order valence-corrected chi connectivity index (χ2v) is 3.76. The Bertz CT molecular complexity index is 315. The Balaban J connectivity index is 2.52. The maximum absolute atomic E-state index is 11.3. The van der Waals surface area contributed by atoms with Gasteiger partial charge in [-0.15, -0.1) is 0 Å². The second kappa shape index (κ2) is 5.78. The van der Waals surface area contributed by atoms with E-state index in [2.05, 4.69) is 21.2 Å². The molecule has 0 aliphatic carbocycles. The summed E-state index contributed by atoms with van der Waals surface area (Å²) in [5, 5.41) is 2.72. The molecule has 0 atom stereocenters. The fourth-order valence-corrected chi connectivity index (χ4v) is 1.51. The highest BCUT2D eigenvalue weighted by Gasteiger charge is 2.04. The van der Waals surface area contributed by atoms with Crippen molar-refractivity contribution in [2.24, 2.45) is 5.73 Å². The van der Waals surface area contributed by atoms with Crippen LogP contribution < -0.4 is 11.1 Å². The number of benzene rings is 1. The van der Waals surface area contributed by atoms with Crippen LogP contribution in [0.2, 0.25) is 0 Å². The standard InChI is InChI=1S/C10H13BrN2O/c11-9-4-2-1-3-8(9)7-10(14)13-6-5-12/h1-4H,5-7,12H2,(H,13,14). The van der Waals surface area contributed by atoms with Gasteiger partial charge in [-0.3, -0.25) is 4.79 Å². The molecule has 14 heavy (non-hydrogen) atoms. The highest BCUT2D eigenvalue weighted by molar-refractivity contribution is 9.10. The molecule has 0 spiro atoms. The van der Waals surface area contributed by atoms with Gasteiger partial charge in [0, 0.05) is 17.6 Å². The fourth-order valence-electron chi connectivity index (χ4n) is 1.09. The molecule has 0 radical (unpaired) electrons. The van der Waals surface area contributed by atoms with Crippen molar-refractivity contribution < 1.29 is 4.79 Å². The third-order valence-corrected chi connectivity index (χ3v) is 2.55. The van der Waals surface area contributed by atoms with Gasteiger partial charge in [0.15, 0.2) is 0 Å². The van der Waals surface area contributed by atoms with Gasteiger partial charge in [0.05, 0.1) is 6.42 Å². The number of carbonyl (C=O) groups is 1. The predicted octanol–water partition coefficient (Wildman–Crippen LogP) is 1.07. The van der Waals surface area contributed by atoms with E-state index in [1.165, 1.54) is 0 Å². The summed E-state index contributed by atoms with van der Waals surface area (Å²) < 4.78 is 0.961. The molecular weight excluding hydrogens is 244 g/mol. The van der Waals surface area contributed by atoms with Crippen molar-refractivity contribution in [2.75, 3.05) is 13.1 Å². The van der Waals surface area contributed by atoms with Gasteiger partial charge in [-0.2, -0.15) is 0 Å². The quantitative estimate of drug-likeness (QED) is 0.847. The first-order valence-corrected chi connectivity index (χ1v) is 5.23. The summed E-state index contributed by atoms with van der Waals surface area (Å²) in [4.78, 5) is 11.3. The van der Waals surface area contributed by atoms with E-state index in [0.717, 1.165) is 10.0 Å². The van der Waals surface area contributed by atoms with Gasteiger partial charge >= 0.3 is 0 Å². The van der Waals surface area contributed by atoms with Gasteiger partial charge in [0.2, 0.25) is 5.91 Å². The summed E-state index contributed by atoms with van der Waals surface area (Å²) >= 11 is 3.39. The minimum absolute atomic E-state index is 0.00218. The molecule has 1 rings (SSSR count). The predicted molar refractivity (Wildman–Crippen MR) is 59.9 cm³/mol. The molecule has 0 saturated carbocycles. The average molecular weight is 257 g/mol. The van der Waals surface area contributed by atoms with E-state index < -0.39 is 0 Å². The molecule has 3 nitrogen and oxygen atoms in total. The minimum atomic E-state index is 0.00218. The normalized spacial score (nSPS) is 9.86. The van der Waals surface area contributed by atoms with Gasteiger partial charge in [-0.05, 0) is 11.6 Å². The van der Waals surface area contributed by atoms with E-state index in [1.807, 2.05) is 24.3 Å². The summed E-state index contributed by atoms with van der Waals surface area (Å²) in [6, 6.07) is 7.68. The smallest absolute Gasteiger partial charge is 0.224 e. The fraction of sp³-hybridized carbons (Fsp3) is 0.300. The number of halogens is 1. The molecule has 3 N–H and O–H groups in total. The maximum Gasteiger partial charge on any atom is 0.224 e. The molecule has 0 saturated heterocycles. The summed E-state index contributed by atoms with van der Waals surface area (Å²) in [5.41, 5.74) is 6.26. The SMILES string of the molecule is NCCNC(=O)Cc1ccccc1Br. The van der Waals surface area contributed by atoms with Gasteiger partial charge in [0.25, 0.3) is 0 Å². The molecule has 4 heteroatoms. The average Bonchev–Trinajstić information content (AvgIpc) is 2.18. The zero-order valence-corrected chi connectivity index (χ0v) is 9.38. The van der Waals surface area contributed by atoms with Crippen LogP contribution in [0.3, 0.4) is 0 Å². The number of nitrogens with two attached hydrogens (primary N) is 1. The van der Waals surface area contributed by atoms with Gasteiger partial charge in [-0.1, -0.05) is 34.1 Å². The van der Waals surface area contributed by atoms with Crippen molar-refractivity contribution >= 4 is 21.8 Å². The van der Waals surface area contributed by atoms with E-state index in [1.54, 1.807) is 0 Å². The molecule has 0 unspecified atom stereocenters. The first-order valence-electron chi connectivity index (χ1n) is 4.44. The Kier molecular flexibility index (Phi) is 4.62. The van der Waals surface area contributed by atoms with E-state index in [9.17, 15) is 4.79 Å². The molecule has 1 amide bonds. The molecule has 0 aliphatic heterocycles. The van der Waals surface area contributed by atoms with Crippen LogP contribution in [0.25, 0.3) is 0 Å². The number of hydrogen-bond donors (Lipinski definition) is 2.